The molecule has 9 heteroatoms. The van der Waals surface area contributed by atoms with Crippen LogP contribution < -0.4 is 9.80 Å². The number of rotatable bonds is 6. The van der Waals surface area contributed by atoms with E-state index in [0.29, 0.717) is 36.5 Å². The van der Waals surface area contributed by atoms with Crippen LogP contribution in [0.4, 0.5) is 21.7 Å². The summed E-state index contributed by atoms with van der Waals surface area (Å²) >= 11 is 0. The third kappa shape index (κ3) is 4.13. The van der Waals surface area contributed by atoms with E-state index in [1.54, 1.807) is 12.4 Å². The number of likely N-dealkylation sites (N-methyl/N-ethyl adjacent to an activating group) is 1. The van der Waals surface area contributed by atoms with Crippen LogP contribution in [0, 0.1) is 10.7 Å². The maximum atomic E-state index is 15.0. The van der Waals surface area contributed by atoms with Crippen LogP contribution in [0.25, 0.3) is 11.1 Å². The average molecular weight is 414 g/mol. The van der Waals surface area contributed by atoms with Crippen LogP contribution in [0.15, 0.2) is 29.7 Å². The van der Waals surface area contributed by atoms with Crippen LogP contribution >= 0.6 is 0 Å². The molecule has 2 aliphatic heterocycles. The van der Waals surface area contributed by atoms with Gasteiger partial charge in [0.1, 0.15) is 11.5 Å². The van der Waals surface area contributed by atoms with Crippen molar-refractivity contribution in [3.8, 4) is 11.1 Å². The molecule has 0 bridgehead atoms. The van der Waals surface area contributed by atoms with Crippen molar-refractivity contribution < 1.29 is 9.13 Å². The molecule has 160 valence electrons. The third-order valence-electron chi connectivity index (χ3n) is 6.03. The molecule has 2 fully saturated rings. The van der Waals surface area contributed by atoms with Crippen LogP contribution in [0.3, 0.4) is 0 Å². The highest BCUT2D eigenvalue weighted by Crippen LogP contribution is 2.37. The molecular weight excluding hydrogens is 387 g/mol. The molecule has 1 atom stereocenters. The van der Waals surface area contributed by atoms with Gasteiger partial charge in [0.05, 0.1) is 18.9 Å². The summed E-state index contributed by atoms with van der Waals surface area (Å²) in [5.41, 5.74) is 1.59. The van der Waals surface area contributed by atoms with E-state index in [-0.39, 0.29) is 11.3 Å². The lowest BCUT2D eigenvalue weighted by molar-refractivity contribution is 0.122. The predicted molar refractivity (Wildman–Crippen MR) is 115 cm³/mol. The standard InChI is InChI=1S/C21H27FN6O2/c1-3-26(2)16-4-5-28(14-16)20-11-18(22)17(10-19(20)25-29)15-12-23-21(24-13-15)27-6-8-30-9-7-27/h10-13,16H,3-9,14H2,1-2H3/t16-/m1/s1. The molecule has 2 saturated heterocycles. The molecule has 0 unspecified atom stereocenters. The molecule has 0 saturated carbocycles. The largest absolute Gasteiger partial charge is 0.378 e. The summed E-state index contributed by atoms with van der Waals surface area (Å²) in [5.74, 6) is 0.184. The second-order valence-corrected chi connectivity index (χ2v) is 7.74. The summed E-state index contributed by atoms with van der Waals surface area (Å²) in [6.07, 6.45) is 4.15. The number of nitroso groups, excluding NO2 is 1. The summed E-state index contributed by atoms with van der Waals surface area (Å²) in [6, 6.07) is 3.30. The minimum absolute atomic E-state index is 0.239. The van der Waals surface area contributed by atoms with Gasteiger partial charge in [0.25, 0.3) is 0 Å². The number of anilines is 2. The van der Waals surface area contributed by atoms with Gasteiger partial charge in [-0.15, -0.1) is 4.91 Å². The van der Waals surface area contributed by atoms with Gasteiger partial charge in [-0.05, 0) is 31.3 Å². The maximum Gasteiger partial charge on any atom is 0.225 e. The Morgan fingerprint density at radius 2 is 1.93 bits per heavy atom. The first-order chi connectivity index (χ1) is 14.6. The number of aromatic nitrogens is 2. The van der Waals surface area contributed by atoms with Gasteiger partial charge >= 0.3 is 0 Å². The van der Waals surface area contributed by atoms with Crippen molar-refractivity contribution >= 4 is 17.3 Å². The maximum absolute atomic E-state index is 15.0. The zero-order valence-corrected chi connectivity index (χ0v) is 17.4. The van der Waals surface area contributed by atoms with Crippen molar-refractivity contribution in [3.05, 3.63) is 35.3 Å². The van der Waals surface area contributed by atoms with Crippen LogP contribution in [-0.4, -0.2) is 73.9 Å². The van der Waals surface area contributed by atoms with Gasteiger partial charge in [0.2, 0.25) is 5.95 Å². The van der Waals surface area contributed by atoms with Crippen molar-refractivity contribution in [2.24, 2.45) is 5.18 Å². The fraction of sp³-hybridized carbons (Fsp3) is 0.524. The highest BCUT2D eigenvalue weighted by Gasteiger charge is 2.28. The summed E-state index contributed by atoms with van der Waals surface area (Å²) in [4.78, 5) is 26.7. The van der Waals surface area contributed by atoms with Crippen molar-refractivity contribution in [2.75, 3.05) is 62.8 Å². The smallest absolute Gasteiger partial charge is 0.225 e. The highest BCUT2D eigenvalue weighted by molar-refractivity contribution is 5.76. The molecular formula is C21H27FN6O2. The normalized spacial score (nSPS) is 19.5. The van der Waals surface area contributed by atoms with Crippen LogP contribution in [0.2, 0.25) is 0 Å². The van der Waals surface area contributed by atoms with E-state index < -0.39 is 5.82 Å². The Labute approximate surface area is 175 Å². The molecule has 1 aromatic carbocycles. The zero-order valence-electron chi connectivity index (χ0n) is 17.4. The van der Waals surface area contributed by atoms with Gasteiger partial charge in [-0.2, -0.15) is 0 Å². The Morgan fingerprint density at radius 1 is 1.20 bits per heavy atom. The molecule has 0 amide bonds. The van der Waals surface area contributed by atoms with E-state index in [0.717, 1.165) is 39.1 Å². The topological polar surface area (TPSA) is 74.2 Å². The SMILES string of the molecule is CCN(C)[C@@H]1CCN(c2cc(F)c(-c3cnc(N4CCOCC4)nc3)cc2N=O)C1. The number of nitrogens with zero attached hydrogens (tertiary/aromatic N) is 6. The minimum atomic E-state index is -0.410. The van der Waals surface area contributed by atoms with Crippen LogP contribution in [0.1, 0.15) is 13.3 Å². The molecule has 0 N–H and O–H groups in total. The highest BCUT2D eigenvalue weighted by atomic mass is 19.1. The van der Waals surface area contributed by atoms with Gasteiger partial charge in [-0.1, -0.05) is 6.92 Å². The number of halogens is 1. The lowest BCUT2D eigenvalue weighted by Crippen LogP contribution is -2.37. The predicted octanol–water partition coefficient (Wildman–Crippen LogP) is 3.05. The van der Waals surface area contributed by atoms with Crippen molar-refractivity contribution in [1.29, 1.82) is 0 Å². The first kappa shape index (κ1) is 20.6. The summed E-state index contributed by atoms with van der Waals surface area (Å²) in [6.45, 7) is 7.32. The van der Waals surface area contributed by atoms with Crippen molar-refractivity contribution in [3.63, 3.8) is 0 Å². The second-order valence-electron chi connectivity index (χ2n) is 7.74. The number of morpholine rings is 1. The summed E-state index contributed by atoms with van der Waals surface area (Å²) in [5, 5.41) is 3.19. The molecule has 1 aromatic heterocycles. The van der Waals surface area contributed by atoms with Gasteiger partial charge < -0.3 is 19.4 Å². The number of hydrogen-bond donors (Lipinski definition) is 0. The number of benzene rings is 1. The van der Waals surface area contributed by atoms with E-state index in [1.165, 1.54) is 12.1 Å². The Balaban J connectivity index is 1.57. The zero-order chi connectivity index (χ0) is 21.1. The Hall–Kier alpha value is -2.65. The van der Waals surface area contributed by atoms with Gasteiger partial charge in [0, 0.05) is 61.8 Å². The van der Waals surface area contributed by atoms with Crippen LogP contribution in [0.5, 0.6) is 0 Å². The Morgan fingerprint density at radius 3 is 2.60 bits per heavy atom. The summed E-state index contributed by atoms with van der Waals surface area (Å²) in [7, 11) is 2.08. The van der Waals surface area contributed by atoms with E-state index in [4.69, 9.17) is 4.74 Å². The average Bonchev–Trinajstić information content (AvgIpc) is 3.29. The van der Waals surface area contributed by atoms with E-state index in [9.17, 15) is 4.91 Å². The molecule has 3 heterocycles. The minimum Gasteiger partial charge on any atom is -0.378 e. The molecule has 8 nitrogen and oxygen atoms in total. The van der Waals surface area contributed by atoms with Crippen molar-refractivity contribution in [2.45, 2.75) is 19.4 Å². The van der Waals surface area contributed by atoms with Crippen molar-refractivity contribution in [1.82, 2.24) is 14.9 Å². The Bertz CT molecular complexity index is 888. The monoisotopic (exact) mass is 414 g/mol. The number of ether oxygens (including phenoxy) is 1. The van der Waals surface area contributed by atoms with E-state index in [1.807, 2.05) is 9.80 Å². The lowest BCUT2D eigenvalue weighted by Gasteiger charge is -2.26. The molecule has 0 aliphatic carbocycles. The first-order valence-electron chi connectivity index (χ1n) is 10.4. The molecule has 2 aliphatic rings. The molecule has 30 heavy (non-hydrogen) atoms. The molecule has 4 rings (SSSR count). The van der Waals surface area contributed by atoms with Gasteiger partial charge in [-0.3, -0.25) is 0 Å². The van der Waals surface area contributed by atoms with Gasteiger partial charge in [0.15, 0.2) is 0 Å². The van der Waals surface area contributed by atoms with E-state index >= 15 is 4.39 Å². The van der Waals surface area contributed by atoms with Gasteiger partial charge in [-0.25, -0.2) is 14.4 Å². The van der Waals surface area contributed by atoms with E-state index in [2.05, 4.69) is 34.0 Å². The lowest BCUT2D eigenvalue weighted by atomic mass is 10.1. The quantitative estimate of drug-likeness (QED) is 0.673. The molecule has 0 radical (unpaired) electrons. The molecule has 0 spiro atoms. The third-order valence-corrected chi connectivity index (χ3v) is 6.03. The Kier molecular flexibility index (Phi) is 6.19. The fourth-order valence-corrected chi connectivity index (χ4v) is 4.06. The molecule has 2 aromatic rings. The fourth-order valence-electron chi connectivity index (χ4n) is 4.06. The second kappa shape index (κ2) is 9.01. The summed E-state index contributed by atoms with van der Waals surface area (Å²) < 4.78 is 20.4. The van der Waals surface area contributed by atoms with Crippen LogP contribution in [-0.2, 0) is 4.74 Å². The first-order valence-corrected chi connectivity index (χ1v) is 10.4. The number of hydrogen-bond acceptors (Lipinski definition) is 8.